The van der Waals surface area contributed by atoms with E-state index < -0.39 is 13.0 Å². The Bertz CT molecular complexity index is 467. The van der Waals surface area contributed by atoms with Gasteiger partial charge in [-0.3, -0.25) is 0 Å². The lowest BCUT2D eigenvalue weighted by atomic mass is 10.1. The van der Waals surface area contributed by atoms with Crippen LogP contribution >= 0.6 is 24.0 Å². The monoisotopic (exact) mass is 415 g/mol. The van der Waals surface area contributed by atoms with Crippen LogP contribution in [-0.2, 0) is 0 Å². The molecule has 0 saturated heterocycles. The summed E-state index contributed by atoms with van der Waals surface area (Å²) in [6.45, 7) is 5.34. The zero-order valence-corrected chi connectivity index (χ0v) is 14.6. The van der Waals surface area contributed by atoms with Gasteiger partial charge < -0.3 is 10.6 Å². The smallest absolute Gasteiger partial charge is 0.257 e. The molecule has 0 radical (unpaired) electrons. The molecule has 7 heteroatoms. The van der Waals surface area contributed by atoms with Gasteiger partial charge in [-0.2, -0.15) is 0 Å². The minimum Gasteiger partial charge on any atom is -0.357 e. The first-order valence-corrected chi connectivity index (χ1v) is 6.53. The molecule has 1 rings (SSSR count). The Balaban J connectivity index is 0.00000400. The van der Waals surface area contributed by atoms with Crippen molar-refractivity contribution in [1.82, 2.24) is 10.6 Å². The van der Waals surface area contributed by atoms with Crippen LogP contribution in [0.2, 0.25) is 0 Å². The number of aliphatic imine (C=N–C) groups is 1. The maximum absolute atomic E-state index is 13.5. The van der Waals surface area contributed by atoms with Crippen LogP contribution < -0.4 is 10.6 Å². The van der Waals surface area contributed by atoms with Gasteiger partial charge in [-0.05, 0) is 38.0 Å². The van der Waals surface area contributed by atoms with E-state index in [1.165, 1.54) is 6.07 Å². The zero-order chi connectivity index (χ0) is 15.1. The fraction of sp³-hybridized carbons (Fsp3) is 0.500. The topological polar surface area (TPSA) is 36.4 Å². The van der Waals surface area contributed by atoms with Crippen molar-refractivity contribution in [1.29, 1.82) is 0 Å². The summed E-state index contributed by atoms with van der Waals surface area (Å²) >= 11 is 0. The van der Waals surface area contributed by atoms with Gasteiger partial charge in [-0.25, -0.2) is 18.2 Å². The van der Waals surface area contributed by atoms with Gasteiger partial charge >= 0.3 is 0 Å². The van der Waals surface area contributed by atoms with E-state index in [0.717, 1.165) is 5.56 Å². The first-order valence-electron chi connectivity index (χ1n) is 6.53. The van der Waals surface area contributed by atoms with Crippen molar-refractivity contribution in [3.63, 3.8) is 0 Å². The number of nitrogens with one attached hydrogen (secondary N) is 2. The largest absolute Gasteiger partial charge is 0.357 e. The summed E-state index contributed by atoms with van der Waals surface area (Å²) in [7, 11) is 0. The Hall–Kier alpha value is -0.990. The molecule has 3 nitrogen and oxygen atoms in total. The number of rotatable bonds is 5. The highest BCUT2D eigenvalue weighted by molar-refractivity contribution is 14.0. The van der Waals surface area contributed by atoms with Crippen LogP contribution in [0.3, 0.4) is 0 Å². The Morgan fingerprint density at radius 1 is 1.33 bits per heavy atom. The van der Waals surface area contributed by atoms with Crippen molar-refractivity contribution in [3.05, 3.63) is 35.1 Å². The first-order chi connectivity index (χ1) is 9.43. The van der Waals surface area contributed by atoms with E-state index in [2.05, 4.69) is 15.6 Å². The van der Waals surface area contributed by atoms with Crippen molar-refractivity contribution in [2.24, 2.45) is 4.99 Å². The molecule has 0 amide bonds. The maximum atomic E-state index is 13.5. The fourth-order valence-corrected chi connectivity index (χ4v) is 1.65. The van der Waals surface area contributed by atoms with Gasteiger partial charge in [-0.15, -0.1) is 24.0 Å². The molecule has 0 aromatic heterocycles. The number of aryl methyl sites for hydroxylation is 1. The average molecular weight is 415 g/mol. The van der Waals surface area contributed by atoms with E-state index in [1.54, 1.807) is 19.1 Å². The Labute approximate surface area is 140 Å². The zero-order valence-electron chi connectivity index (χ0n) is 12.3. The molecule has 1 unspecified atom stereocenters. The molecule has 1 aromatic carbocycles. The van der Waals surface area contributed by atoms with Crippen LogP contribution in [0.25, 0.3) is 0 Å². The quantitative estimate of drug-likeness (QED) is 0.438. The highest BCUT2D eigenvalue weighted by atomic mass is 127. The molecule has 2 N–H and O–H groups in total. The third kappa shape index (κ3) is 7.01. The van der Waals surface area contributed by atoms with Crippen molar-refractivity contribution < 1.29 is 13.2 Å². The summed E-state index contributed by atoms with van der Waals surface area (Å²) in [4.78, 5) is 3.77. The van der Waals surface area contributed by atoms with Gasteiger partial charge in [0.1, 0.15) is 12.4 Å². The van der Waals surface area contributed by atoms with E-state index in [9.17, 15) is 13.2 Å². The van der Waals surface area contributed by atoms with E-state index in [1.807, 2.05) is 13.8 Å². The second kappa shape index (κ2) is 9.86. The lowest BCUT2D eigenvalue weighted by Gasteiger charge is -2.18. The maximum Gasteiger partial charge on any atom is 0.257 e. The van der Waals surface area contributed by atoms with Crippen LogP contribution in [0.4, 0.5) is 13.2 Å². The second-order valence-electron chi connectivity index (χ2n) is 4.49. The van der Waals surface area contributed by atoms with Gasteiger partial charge in [0.05, 0.1) is 6.04 Å². The summed E-state index contributed by atoms with van der Waals surface area (Å²) in [6, 6.07) is 4.68. The average Bonchev–Trinajstić information content (AvgIpc) is 2.39. The van der Waals surface area contributed by atoms with Crippen molar-refractivity contribution in [3.8, 4) is 0 Å². The fourth-order valence-electron chi connectivity index (χ4n) is 1.65. The van der Waals surface area contributed by atoms with Crippen LogP contribution in [0.5, 0.6) is 0 Å². The Morgan fingerprint density at radius 3 is 2.52 bits per heavy atom. The summed E-state index contributed by atoms with van der Waals surface area (Å²) in [6.07, 6.45) is -2.49. The third-order valence-corrected chi connectivity index (χ3v) is 2.78. The molecule has 120 valence electrons. The molecule has 0 aliphatic carbocycles. The molecule has 0 aliphatic heterocycles. The van der Waals surface area contributed by atoms with Gasteiger partial charge in [0.15, 0.2) is 5.96 Å². The molecule has 0 heterocycles. The van der Waals surface area contributed by atoms with E-state index in [-0.39, 0.29) is 35.8 Å². The predicted molar refractivity (Wildman–Crippen MR) is 90.1 cm³/mol. The van der Waals surface area contributed by atoms with Crippen molar-refractivity contribution >= 4 is 29.9 Å². The molecule has 1 aromatic rings. The first kappa shape index (κ1) is 20.0. The summed E-state index contributed by atoms with van der Waals surface area (Å²) in [5, 5.41) is 5.85. The number of alkyl halides is 2. The normalized spacial score (nSPS) is 12.8. The highest BCUT2D eigenvalue weighted by Crippen LogP contribution is 2.16. The van der Waals surface area contributed by atoms with Crippen LogP contribution in [0, 0.1) is 12.7 Å². The standard InChI is InChI=1S/C14H20F3N3.HI/c1-4-18-14(19-8-13(16)17)20-10(3)11-6-5-9(2)12(15)7-11;/h5-7,10,13H,4,8H2,1-3H3,(H2,18,19,20);1H. The minimum atomic E-state index is -2.49. The summed E-state index contributed by atoms with van der Waals surface area (Å²) in [5.74, 6) is 0.00644. The van der Waals surface area contributed by atoms with Gasteiger partial charge in [-0.1, -0.05) is 12.1 Å². The number of hydrogen-bond acceptors (Lipinski definition) is 1. The second-order valence-corrected chi connectivity index (χ2v) is 4.49. The minimum absolute atomic E-state index is 0. The lowest BCUT2D eigenvalue weighted by molar-refractivity contribution is 0.158. The molecule has 0 saturated carbocycles. The predicted octanol–water partition coefficient (Wildman–Crippen LogP) is 3.63. The molecule has 0 spiro atoms. The Kier molecular flexibility index (Phi) is 9.39. The van der Waals surface area contributed by atoms with Gasteiger partial charge in [0, 0.05) is 6.54 Å². The van der Waals surface area contributed by atoms with Gasteiger partial charge in [0.2, 0.25) is 0 Å². The number of benzene rings is 1. The molecule has 21 heavy (non-hydrogen) atoms. The molecule has 0 bridgehead atoms. The van der Waals surface area contributed by atoms with Crippen LogP contribution in [-0.4, -0.2) is 25.5 Å². The Morgan fingerprint density at radius 2 is 2.00 bits per heavy atom. The lowest BCUT2D eigenvalue weighted by Crippen LogP contribution is -2.39. The van der Waals surface area contributed by atoms with E-state index in [4.69, 9.17) is 0 Å². The van der Waals surface area contributed by atoms with Crippen LogP contribution in [0.1, 0.15) is 31.0 Å². The number of nitrogens with zero attached hydrogens (tertiary/aromatic N) is 1. The van der Waals surface area contributed by atoms with Gasteiger partial charge in [0.25, 0.3) is 6.43 Å². The van der Waals surface area contributed by atoms with E-state index >= 15 is 0 Å². The van der Waals surface area contributed by atoms with Crippen LogP contribution in [0.15, 0.2) is 23.2 Å². The molecular formula is C14H21F3IN3. The van der Waals surface area contributed by atoms with E-state index in [0.29, 0.717) is 18.1 Å². The third-order valence-electron chi connectivity index (χ3n) is 2.78. The van der Waals surface area contributed by atoms with Crippen molar-refractivity contribution in [2.75, 3.05) is 13.1 Å². The molecular weight excluding hydrogens is 394 g/mol. The summed E-state index contributed by atoms with van der Waals surface area (Å²) < 4.78 is 37.9. The highest BCUT2D eigenvalue weighted by Gasteiger charge is 2.10. The number of guanidine groups is 1. The molecule has 0 fully saturated rings. The molecule has 0 aliphatic rings. The summed E-state index contributed by atoms with van der Waals surface area (Å²) in [5.41, 5.74) is 1.30. The number of halogens is 4. The number of hydrogen-bond donors (Lipinski definition) is 2. The van der Waals surface area contributed by atoms with Crippen molar-refractivity contribution in [2.45, 2.75) is 33.2 Å². The molecule has 1 atom stereocenters. The SMILES string of the molecule is CCNC(=NCC(F)F)NC(C)c1ccc(C)c(F)c1.I.